The molecule has 0 bridgehead atoms. The average molecular weight is 326 g/mol. The molecule has 0 atom stereocenters. The molecule has 0 fully saturated rings. The minimum Gasteiger partial charge on any atom is -0.508 e. The molecule has 2 N–H and O–H groups in total. The molecule has 4 aromatic carbocycles. The van der Waals surface area contributed by atoms with Crippen LogP contribution in [0.3, 0.4) is 0 Å². The van der Waals surface area contributed by atoms with E-state index in [1.807, 2.05) is 42.5 Å². The number of phenolic OH excluding ortho intramolecular Hbond substituents is 2. The maximum absolute atomic E-state index is 10.2. The van der Waals surface area contributed by atoms with Crippen LogP contribution in [0.4, 0.5) is 0 Å². The van der Waals surface area contributed by atoms with Gasteiger partial charge in [0.2, 0.25) is 0 Å². The first-order chi connectivity index (χ1) is 12.2. The van der Waals surface area contributed by atoms with Crippen molar-refractivity contribution in [3.8, 4) is 22.8 Å². The number of benzene rings is 4. The fourth-order valence-corrected chi connectivity index (χ4v) is 3.51. The quantitative estimate of drug-likeness (QED) is 0.382. The number of fused-ring (bicyclic) bond motifs is 6. The van der Waals surface area contributed by atoms with Gasteiger partial charge in [-0.2, -0.15) is 0 Å². The first kappa shape index (κ1) is 13.9. The van der Waals surface area contributed by atoms with Crippen molar-refractivity contribution in [2.24, 2.45) is 0 Å². The van der Waals surface area contributed by atoms with Gasteiger partial charge in [0.1, 0.15) is 22.8 Å². The molecule has 0 aliphatic heterocycles. The fraction of sp³-hybridized carbons (Fsp3) is 0. The van der Waals surface area contributed by atoms with Crippen molar-refractivity contribution in [2.45, 2.75) is 0 Å². The summed E-state index contributed by atoms with van der Waals surface area (Å²) in [6, 6.07) is 22.5. The second-order valence-corrected chi connectivity index (χ2v) is 6.15. The van der Waals surface area contributed by atoms with Crippen molar-refractivity contribution < 1.29 is 14.6 Å². The van der Waals surface area contributed by atoms with Gasteiger partial charge in [0.25, 0.3) is 0 Å². The molecule has 5 aromatic rings. The molecule has 25 heavy (non-hydrogen) atoms. The third-order valence-corrected chi connectivity index (χ3v) is 4.66. The SMILES string of the molecule is Oc1ccc2c3ccccc3c3oc(-c4ccccc4O)cc3c2c1. The highest BCUT2D eigenvalue weighted by Crippen LogP contribution is 2.41. The van der Waals surface area contributed by atoms with Gasteiger partial charge in [-0.25, -0.2) is 0 Å². The Labute approximate surface area is 143 Å². The molecule has 0 aliphatic rings. The number of phenols is 2. The minimum absolute atomic E-state index is 0.179. The highest BCUT2D eigenvalue weighted by atomic mass is 16.3. The molecule has 0 saturated carbocycles. The second-order valence-electron chi connectivity index (χ2n) is 6.15. The summed E-state index contributed by atoms with van der Waals surface area (Å²) >= 11 is 0. The van der Waals surface area contributed by atoms with Gasteiger partial charge >= 0.3 is 0 Å². The third kappa shape index (κ3) is 1.99. The molecule has 0 unspecified atom stereocenters. The predicted molar refractivity (Wildman–Crippen MR) is 100.0 cm³/mol. The molecule has 0 spiro atoms. The Morgan fingerprint density at radius 2 is 1.32 bits per heavy atom. The molecule has 3 nitrogen and oxygen atoms in total. The topological polar surface area (TPSA) is 53.6 Å². The normalized spacial score (nSPS) is 11.5. The standard InChI is InChI=1S/C22H14O3/c23-13-9-10-15-14-5-1-2-6-16(14)22-19(18(15)11-13)12-21(25-22)17-7-3-4-8-20(17)24/h1-12,23-24H. The maximum Gasteiger partial charge on any atom is 0.143 e. The summed E-state index contributed by atoms with van der Waals surface area (Å²) in [5.41, 5.74) is 1.41. The van der Waals surface area contributed by atoms with Crippen molar-refractivity contribution in [1.82, 2.24) is 0 Å². The molecule has 3 heteroatoms. The third-order valence-electron chi connectivity index (χ3n) is 4.66. The Bertz CT molecular complexity index is 1260. The first-order valence-electron chi connectivity index (χ1n) is 8.08. The van der Waals surface area contributed by atoms with Crippen LogP contribution in [-0.2, 0) is 0 Å². The van der Waals surface area contributed by atoms with E-state index in [0.717, 1.165) is 32.5 Å². The van der Waals surface area contributed by atoms with E-state index in [4.69, 9.17) is 4.42 Å². The maximum atomic E-state index is 10.2. The number of hydrogen-bond donors (Lipinski definition) is 2. The van der Waals surface area contributed by atoms with Crippen molar-refractivity contribution in [3.63, 3.8) is 0 Å². The molecule has 5 rings (SSSR count). The van der Waals surface area contributed by atoms with Crippen LogP contribution in [0.5, 0.6) is 11.5 Å². The van der Waals surface area contributed by atoms with Crippen LogP contribution in [0.25, 0.3) is 43.8 Å². The van der Waals surface area contributed by atoms with Gasteiger partial charge in [0, 0.05) is 10.8 Å². The molecule has 0 radical (unpaired) electrons. The zero-order chi connectivity index (χ0) is 17.0. The zero-order valence-corrected chi connectivity index (χ0v) is 13.2. The van der Waals surface area contributed by atoms with E-state index < -0.39 is 0 Å². The molecular formula is C22H14O3. The van der Waals surface area contributed by atoms with E-state index in [9.17, 15) is 10.2 Å². The fourth-order valence-electron chi connectivity index (χ4n) is 3.51. The van der Waals surface area contributed by atoms with E-state index in [1.54, 1.807) is 24.3 Å². The lowest BCUT2D eigenvalue weighted by molar-refractivity contribution is 0.474. The molecule has 0 saturated heterocycles. The molecule has 0 amide bonds. The predicted octanol–water partition coefficient (Wildman–Crippen LogP) is 5.82. The summed E-state index contributed by atoms with van der Waals surface area (Å²) in [6.07, 6.45) is 0. The largest absolute Gasteiger partial charge is 0.508 e. The average Bonchev–Trinajstić information content (AvgIpc) is 3.08. The monoisotopic (exact) mass is 326 g/mol. The highest BCUT2D eigenvalue weighted by Gasteiger charge is 2.16. The van der Waals surface area contributed by atoms with Gasteiger partial charge in [-0.1, -0.05) is 42.5 Å². The van der Waals surface area contributed by atoms with Crippen molar-refractivity contribution >= 4 is 32.5 Å². The number of hydrogen-bond acceptors (Lipinski definition) is 3. The lowest BCUT2D eigenvalue weighted by Gasteiger charge is -2.06. The summed E-state index contributed by atoms with van der Waals surface area (Å²) in [6.45, 7) is 0. The van der Waals surface area contributed by atoms with E-state index in [0.29, 0.717) is 11.3 Å². The van der Waals surface area contributed by atoms with Gasteiger partial charge in [0.05, 0.1) is 5.56 Å². The van der Waals surface area contributed by atoms with Gasteiger partial charge in [-0.05, 0) is 46.5 Å². The van der Waals surface area contributed by atoms with Gasteiger partial charge in [0.15, 0.2) is 0 Å². The summed E-state index contributed by atoms with van der Waals surface area (Å²) in [7, 11) is 0. The van der Waals surface area contributed by atoms with Crippen molar-refractivity contribution in [1.29, 1.82) is 0 Å². The summed E-state index contributed by atoms with van der Waals surface area (Å²) in [5, 5.41) is 25.1. The summed E-state index contributed by atoms with van der Waals surface area (Å²) in [5.74, 6) is 1.00. The lowest BCUT2D eigenvalue weighted by atomic mass is 9.98. The minimum atomic E-state index is 0.179. The zero-order valence-electron chi connectivity index (χ0n) is 13.2. The number of aromatic hydroxyl groups is 2. The second kappa shape index (κ2) is 5.02. The van der Waals surface area contributed by atoms with Crippen molar-refractivity contribution in [3.05, 3.63) is 72.8 Å². The van der Waals surface area contributed by atoms with Crippen LogP contribution in [0.2, 0.25) is 0 Å². The number of para-hydroxylation sites is 1. The van der Waals surface area contributed by atoms with Gasteiger partial charge in [-0.3, -0.25) is 0 Å². The molecule has 120 valence electrons. The van der Waals surface area contributed by atoms with Crippen LogP contribution < -0.4 is 0 Å². The van der Waals surface area contributed by atoms with E-state index in [1.165, 1.54) is 0 Å². The van der Waals surface area contributed by atoms with Crippen LogP contribution in [0.15, 0.2) is 77.2 Å². The molecule has 1 heterocycles. The molecular weight excluding hydrogens is 312 g/mol. The van der Waals surface area contributed by atoms with E-state index >= 15 is 0 Å². The summed E-state index contributed by atoms with van der Waals surface area (Å²) < 4.78 is 6.15. The summed E-state index contributed by atoms with van der Waals surface area (Å²) in [4.78, 5) is 0. The Kier molecular flexibility index (Phi) is 2.80. The number of rotatable bonds is 1. The lowest BCUT2D eigenvalue weighted by Crippen LogP contribution is -1.79. The van der Waals surface area contributed by atoms with E-state index in [-0.39, 0.29) is 11.5 Å². The van der Waals surface area contributed by atoms with Gasteiger partial charge in [-0.15, -0.1) is 0 Å². The van der Waals surface area contributed by atoms with Crippen LogP contribution in [0, 0.1) is 0 Å². The number of furan rings is 1. The van der Waals surface area contributed by atoms with E-state index in [2.05, 4.69) is 6.07 Å². The van der Waals surface area contributed by atoms with Crippen LogP contribution in [-0.4, -0.2) is 10.2 Å². The Balaban J connectivity index is 1.98. The van der Waals surface area contributed by atoms with Gasteiger partial charge < -0.3 is 14.6 Å². The molecule has 0 aliphatic carbocycles. The smallest absolute Gasteiger partial charge is 0.143 e. The first-order valence-corrected chi connectivity index (χ1v) is 8.08. The van der Waals surface area contributed by atoms with Crippen LogP contribution in [0.1, 0.15) is 0 Å². The Morgan fingerprint density at radius 1 is 0.600 bits per heavy atom. The molecule has 1 aromatic heterocycles. The van der Waals surface area contributed by atoms with Crippen molar-refractivity contribution in [2.75, 3.05) is 0 Å². The van der Waals surface area contributed by atoms with Crippen LogP contribution >= 0.6 is 0 Å². The Morgan fingerprint density at radius 3 is 2.16 bits per heavy atom. The Hall–Kier alpha value is -3.46. The highest BCUT2D eigenvalue weighted by molar-refractivity contribution is 6.24.